The van der Waals surface area contributed by atoms with Crippen molar-refractivity contribution in [3.63, 3.8) is 0 Å². The Morgan fingerprint density at radius 1 is 1.22 bits per heavy atom. The molecule has 0 saturated carbocycles. The molecule has 1 atom stereocenters. The fourth-order valence-electron chi connectivity index (χ4n) is 2.58. The summed E-state index contributed by atoms with van der Waals surface area (Å²) in [5, 5.41) is 7.97. The molecule has 1 fully saturated rings. The third-order valence-electron chi connectivity index (χ3n) is 3.52. The summed E-state index contributed by atoms with van der Waals surface area (Å²) in [4.78, 5) is 0. The zero-order valence-electron chi connectivity index (χ0n) is 10.5. The van der Waals surface area contributed by atoms with E-state index < -0.39 is 0 Å². The monoisotopic (exact) mass is 241 g/mol. The van der Waals surface area contributed by atoms with Crippen LogP contribution in [0.2, 0.25) is 0 Å². The highest BCUT2D eigenvalue weighted by Gasteiger charge is 2.15. The molecule has 0 spiro atoms. The lowest BCUT2D eigenvalue weighted by atomic mass is 10.1. The van der Waals surface area contributed by atoms with Gasteiger partial charge in [0.25, 0.3) is 0 Å². The van der Waals surface area contributed by atoms with Crippen molar-refractivity contribution in [2.75, 3.05) is 6.54 Å². The molecule has 18 heavy (non-hydrogen) atoms. The van der Waals surface area contributed by atoms with Crippen molar-refractivity contribution >= 4 is 0 Å². The molecule has 3 rings (SSSR count). The molecule has 2 aromatic rings. The Hall–Kier alpha value is -1.61. The Bertz CT molecular complexity index is 483. The number of rotatable bonds is 4. The second-order valence-corrected chi connectivity index (χ2v) is 5.03. The second kappa shape index (κ2) is 5.36. The van der Waals surface area contributed by atoms with Crippen molar-refractivity contribution in [2.24, 2.45) is 0 Å². The molecule has 0 radical (unpaired) electrons. The van der Waals surface area contributed by atoms with Crippen molar-refractivity contribution in [1.82, 2.24) is 15.1 Å². The van der Waals surface area contributed by atoms with Gasteiger partial charge in [0.1, 0.15) is 0 Å². The lowest BCUT2D eigenvalue weighted by molar-refractivity contribution is 0.602. The molecule has 1 N–H and O–H groups in total. The third-order valence-corrected chi connectivity index (χ3v) is 3.52. The molecule has 94 valence electrons. The molecular weight excluding hydrogens is 222 g/mol. The zero-order valence-corrected chi connectivity index (χ0v) is 10.5. The first-order chi connectivity index (χ1) is 8.90. The zero-order chi connectivity index (χ0) is 12.2. The SMILES string of the molecule is c1ccc(Cn2cc(C[C@H]3CCCN3)cn2)cc1. The van der Waals surface area contributed by atoms with Crippen LogP contribution >= 0.6 is 0 Å². The van der Waals surface area contributed by atoms with Gasteiger partial charge in [0.05, 0.1) is 12.7 Å². The van der Waals surface area contributed by atoms with Crippen molar-refractivity contribution in [2.45, 2.75) is 31.8 Å². The molecule has 1 aromatic heterocycles. The molecule has 0 amide bonds. The summed E-state index contributed by atoms with van der Waals surface area (Å²) in [5.74, 6) is 0. The number of hydrogen-bond donors (Lipinski definition) is 1. The standard InChI is InChI=1S/C15H19N3/c1-2-5-13(6-3-1)11-18-12-14(10-17-18)9-15-7-4-8-16-15/h1-3,5-6,10,12,15-16H,4,7-9,11H2/t15-/m1/s1. The van der Waals surface area contributed by atoms with E-state index in [2.05, 4.69) is 40.9 Å². The average molecular weight is 241 g/mol. The van der Waals surface area contributed by atoms with Crippen LogP contribution < -0.4 is 5.32 Å². The first-order valence-electron chi connectivity index (χ1n) is 6.69. The summed E-state index contributed by atoms with van der Waals surface area (Å²) >= 11 is 0. The van der Waals surface area contributed by atoms with Gasteiger partial charge >= 0.3 is 0 Å². The second-order valence-electron chi connectivity index (χ2n) is 5.03. The molecule has 0 unspecified atom stereocenters. The van der Waals surface area contributed by atoms with E-state index in [1.165, 1.54) is 30.5 Å². The van der Waals surface area contributed by atoms with E-state index in [0.717, 1.165) is 13.0 Å². The topological polar surface area (TPSA) is 29.9 Å². The first kappa shape index (κ1) is 11.5. The van der Waals surface area contributed by atoms with Gasteiger partial charge < -0.3 is 5.32 Å². The van der Waals surface area contributed by atoms with Crippen LogP contribution in [0.15, 0.2) is 42.7 Å². The lowest BCUT2D eigenvalue weighted by Gasteiger charge is -2.07. The summed E-state index contributed by atoms with van der Waals surface area (Å²) in [7, 11) is 0. The van der Waals surface area contributed by atoms with E-state index in [-0.39, 0.29) is 0 Å². The van der Waals surface area contributed by atoms with Gasteiger partial charge in [-0.05, 0) is 36.9 Å². The molecule has 1 saturated heterocycles. The fraction of sp³-hybridized carbons (Fsp3) is 0.400. The minimum Gasteiger partial charge on any atom is -0.314 e. The van der Waals surface area contributed by atoms with Crippen LogP contribution in [0.4, 0.5) is 0 Å². The Morgan fingerprint density at radius 3 is 2.89 bits per heavy atom. The van der Waals surface area contributed by atoms with E-state index in [4.69, 9.17) is 0 Å². The molecule has 0 bridgehead atoms. The van der Waals surface area contributed by atoms with Gasteiger partial charge in [-0.15, -0.1) is 0 Å². The van der Waals surface area contributed by atoms with Gasteiger partial charge in [-0.3, -0.25) is 4.68 Å². The van der Waals surface area contributed by atoms with Crippen LogP contribution in [0.3, 0.4) is 0 Å². The van der Waals surface area contributed by atoms with Crippen LogP contribution in [0, 0.1) is 0 Å². The first-order valence-corrected chi connectivity index (χ1v) is 6.69. The lowest BCUT2D eigenvalue weighted by Crippen LogP contribution is -2.23. The summed E-state index contributed by atoms with van der Waals surface area (Å²) in [6.45, 7) is 2.03. The van der Waals surface area contributed by atoms with Crippen molar-refractivity contribution in [1.29, 1.82) is 0 Å². The van der Waals surface area contributed by atoms with Gasteiger partial charge in [-0.1, -0.05) is 30.3 Å². The number of hydrogen-bond acceptors (Lipinski definition) is 2. The molecule has 3 heteroatoms. The molecule has 1 aliphatic rings. The molecular formula is C15H19N3. The van der Waals surface area contributed by atoms with Gasteiger partial charge in [0, 0.05) is 12.2 Å². The summed E-state index contributed by atoms with van der Waals surface area (Å²) < 4.78 is 2.03. The van der Waals surface area contributed by atoms with Crippen LogP contribution in [0.1, 0.15) is 24.0 Å². The minimum atomic E-state index is 0.652. The Balaban J connectivity index is 1.62. The van der Waals surface area contributed by atoms with Crippen molar-refractivity contribution in [3.8, 4) is 0 Å². The predicted molar refractivity (Wildman–Crippen MR) is 72.5 cm³/mol. The van der Waals surface area contributed by atoms with E-state index in [9.17, 15) is 0 Å². The number of nitrogens with one attached hydrogen (secondary N) is 1. The molecule has 3 nitrogen and oxygen atoms in total. The van der Waals surface area contributed by atoms with E-state index in [1.54, 1.807) is 0 Å². The average Bonchev–Trinajstić information content (AvgIpc) is 3.03. The van der Waals surface area contributed by atoms with Crippen LogP contribution in [0.25, 0.3) is 0 Å². The summed E-state index contributed by atoms with van der Waals surface area (Å²) in [6, 6.07) is 11.1. The summed E-state index contributed by atoms with van der Waals surface area (Å²) in [6.07, 6.45) is 7.89. The maximum Gasteiger partial charge on any atom is 0.0659 e. The van der Waals surface area contributed by atoms with Crippen molar-refractivity contribution < 1.29 is 0 Å². The largest absolute Gasteiger partial charge is 0.314 e. The van der Waals surface area contributed by atoms with Crippen LogP contribution in [-0.2, 0) is 13.0 Å². The van der Waals surface area contributed by atoms with Crippen molar-refractivity contribution in [3.05, 3.63) is 53.9 Å². The highest BCUT2D eigenvalue weighted by molar-refractivity contribution is 5.16. The molecule has 1 aromatic carbocycles. The number of benzene rings is 1. The van der Waals surface area contributed by atoms with E-state index >= 15 is 0 Å². The van der Waals surface area contributed by atoms with Gasteiger partial charge in [-0.25, -0.2) is 0 Å². The maximum atomic E-state index is 4.44. The number of nitrogens with zero attached hydrogens (tertiary/aromatic N) is 2. The molecule has 0 aliphatic carbocycles. The van der Waals surface area contributed by atoms with Gasteiger partial charge in [0.15, 0.2) is 0 Å². The maximum absolute atomic E-state index is 4.44. The minimum absolute atomic E-state index is 0.652. The van der Waals surface area contributed by atoms with E-state index in [1.807, 2.05) is 16.9 Å². The predicted octanol–water partition coefficient (Wildman–Crippen LogP) is 2.23. The number of aromatic nitrogens is 2. The van der Waals surface area contributed by atoms with Crippen LogP contribution in [0.5, 0.6) is 0 Å². The normalized spacial score (nSPS) is 19.2. The Morgan fingerprint density at radius 2 is 2.11 bits per heavy atom. The van der Waals surface area contributed by atoms with E-state index in [0.29, 0.717) is 6.04 Å². The summed E-state index contributed by atoms with van der Waals surface area (Å²) in [5.41, 5.74) is 2.64. The third kappa shape index (κ3) is 2.79. The smallest absolute Gasteiger partial charge is 0.0659 e. The fourth-order valence-corrected chi connectivity index (χ4v) is 2.58. The Labute approximate surface area is 108 Å². The highest BCUT2D eigenvalue weighted by Crippen LogP contribution is 2.12. The van der Waals surface area contributed by atoms with Gasteiger partial charge in [-0.2, -0.15) is 5.10 Å². The highest BCUT2D eigenvalue weighted by atomic mass is 15.3. The molecule has 1 aliphatic heterocycles. The van der Waals surface area contributed by atoms with Crippen LogP contribution in [-0.4, -0.2) is 22.4 Å². The molecule has 2 heterocycles. The van der Waals surface area contributed by atoms with Gasteiger partial charge in [0.2, 0.25) is 0 Å². The Kier molecular flexibility index (Phi) is 3.42. The quantitative estimate of drug-likeness (QED) is 0.889.